The van der Waals surface area contributed by atoms with E-state index in [1.54, 1.807) is 0 Å². The Morgan fingerprint density at radius 2 is 0.935 bits per heavy atom. The van der Waals surface area contributed by atoms with Crippen molar-refractivity contribution in [2.75, 3.05) is 19.8 Å². The lowest BCUT2D eigenvalue weighted by atomic mass is 9.99. The molecule has 6 atom stereocenters. The first-order valence-corrected chi connectivity index (χ1v) is 24.9. The number of carbonyl (C=O) groups excluding carboxylic acids is 2. The monoisotopic (exact) mass is 875 g/mol. The third-order valence-corrected chi connectivity index (χ3v) is 11.2. The van der Waals surface area contributed by atoms with Gasteiger partial charge >= 0.3 is 11.9 Å². The van der Waals surface area contributed by atoms with Gasteiger partial charge in [-0.05, 0) is 51.4 Å². The van der Waals surface area contributed by atoms with Crippen molar-refractivity contribution in [3.8, 4) is 0 Å². The van der Waals surface area contributed by atoms with Crippen LogP contribution in [0.5, 0.6) is 0 Å². The molecule has 0 aromatic carbocycles. The van der Waals surface area contributed by atoms with Gasteiger partial charge in [0, 0.05) is 12.8 Å². The number of aliphatic hydroxyl groups excluding tert-OH is 4. The molecule has 4 N–H and O–H groups in total. The van der Waals surface area contributed by atoms with Gasteiger partial charge in [0.25, 0.3) is 0 Å². The minimum atomic E-state index is -1.61. The molecule has 0 aliphatic carbocycles. The summed E-state index contributed by atoms with van der Waals surface area (Å²) in [6.07, 6.45) is 45.2. The van der Waals surface area contributed by atoms with E-state index < -0.39 is 55.4 Å². The largest absolute Gasteiger partial charge is 0.462 e. The van der Waals surface area contributed by atoms with Crippen molar-refractivity contribution in [3.05, 3.63) is 60.8 Å². The van der Waals surface area contributed by atoms with Crippen LogP contribution in [0.15, 0.2) is 60.8 Å². The molecule has 1 fully saturated rings. The number of rotatable bonds is 41. The van der Waals surface area contributed by atoms with E-state index in [1.165, 1.54) is 116 Å². The maximum Gasteiger partial charge on any atom is 0.306 e. The minimum absolute atomic E-state index is 0.151. The zero-order chi connectivity index (χ0) is 45.1. The van der Waals surface area contributed by atoms with Crippen LogP contribution in [0, 0.1) is 0 Å². The third-order valence-electron chi connectivity index (χ3n) is 11.2. The molecule has 1 aliphatic heterocycles. The molecule has 1 rings (SSSR count). The first-order chi connectivity index (χ1) is 30.3. The maximum atomic E-state index is 12.8. The number of aliphatic hydroxyl groups is 4. The second-order valence-electron chi connectivity index (χ2n) is 16.9. The average Bonchev–Trinajstić information content (AvgIpc) is 3.27. The van der Waals surface area contributed by atoms with Gasteiger partial charge in [0.1, 0.15) is 31.0 Å². The summed E-state index contributed by atoms with van der Waals surface area (Å²) in [6.45, 7) is 3.34. The van der Waals surface area contributed by atoms with Gasteiger partial charge < -0.3 is 39.4 Å². The van der Waals surface area contributed by atoms with Gasteiger partial charge in [-0.2, -0.15) is 0 Å². The SMILES string of the molecule is CCCCC/C=C/C/C=C/C/C=C/C/C=C/C/C=C/CCC(=O)OC[C@@H](CO[C@H]1O[C@@H](CO)[C@@H](O)C(O)C1O)OC(=O)CCCCCCCCCCCCCCCCCCCC. The number of ether oxygens (including phenoxy) is 4. The van der Waals surface area contributed by atoms with Crippen molar-refractivity contribution < 1.29 is 49.0 Å². The second-order valence-corrected chi connectivity index (χ2v) is 16.9. The van der Waals surface area contributed by atoms with Crippen LogP contribution in [0.4, 0.5) is 0 Å². The molecule has 62 heavy (non-hydrogen) atoms. The molecular weight excluding hydrogens is 785 g/mol. The van der Waals surface area contributed by atoms with Crippen molar-refractivity contribution in [2.45, 2.75) is 237 Å². The first-order valence-electron chi connectivity index (χ1n) is 24.9. The highest BCUT2D eigenvalue weighted by Crippen LogP contribution is 2.23. The molecule has 0 aromatic rings. The minimum Gasteiger partial charge on any atom is -0.462 e. The summed E-state index contributed by atoms with van der Waals surface area (Å²) >= 11 is 0. The maximum absolute atomic E-state index is 12.8. The van der Waals surface area contributed by atoms with E-state index in [2.05, 4.69) is 62.5 Å². The van der Waals surface area contributed by atoms with Gasteiger partial charge in [-0.15, -0.1) is 0 Å². The Morgan fingerprint density at radius 1 is 0.500 bits per heavy atom. The third kappa shape index (κ3) is 33.0. The Kier molecular flexibility index (Phi) is 39.2. The highest BCUT2D eigenvalue weighted by Gasteiger charge is 2.44. The smallest absolute Gasteiger partial charge is 0.306 e. The van der Waals surface area contributed by atoms with Gasteiger partial charge in [0.15, 0.2) is 12.4 Å². The van der Waals surface area contributed by atoms with Crippen LogP contribution < -0.4 is 0 Å². The zero-order valence-electron chi connectivity index (χ0n) is 39.1. The van der Waals surface area contributed by atoms with Crippen LogP contribution in [-0.4, -0.2) is 89.0 Å². The van der Waals surface area contributed by atoms with Crippen molar-refractivity contribution in [2.24, 2.45) is 0 Å². The summed E-state index contributed by atoms with van der Waals surface area (Å²) in [4.78, 5) is 25.4. The predicted octanol–water partition coefficient (Wildman–Crippen LogP) is 11.4. The first kappa shape index (κ1) is 57.4. The summed E-state index contributed by atoms with van der Waals surface area (Å²) in [7, 11) is 0. The van der Waals surface area contributed by atoms with E-state index in [4.69, 9.17) is 18.9 Å². The highest BCUT2D eigenvalue weighted by atomic mass is 16.7. The van der Waals surface area contributed by atoms with Crippen LogP contribution in [0.2, 0.25) is 0 Å². The average molecular weight is 875 g/mol. The van der Waals surface area contributed by atoms with E-state index in [1.807, 2.05) is 12.2 Å². The lowest BCUT2D eigenvalue weighted by Crippen LogP contribution is -2.59. The van der Waals surface area contributed by atoms with Crippen molar-refractivity contribution >= 4 is 11.9 Å². The summed E-state index contributed by atoms with van der Waals surface area (Å²) in [5, 5.41) is 40.2. The quantitative estimate of drug-likeness (QED) is 0.0265. The van der Waals surface area contributed by atoms with E-state index in [0.717, 1.165) is 44.9 Å². The molecule has 1 saturated heterocycles. The molecule has 10 nitrogen and oxygen atoms in total. The number of hydrogen-bond acceptors (Lipinski definition) is 10. The van der Waals surface area contributed by atoms with E-state index in [9.17, 15) is 30.0 Å². The molecule has 0 aromatic heterocycles. The number of esters is 2. The Labute approximate surface area is 377 Å². The number of unbranched alkanes of at least 4 members (excludes halogenated alkanes) is 20. The van der Waals surface area contributed by atoms with Gasteiger partial charge in [-0.3, -0.25) is 9.59 Å². The van der Waals surface area contributed by atoms with Gasteiger partial charge in [-0.1, -0.05) is 197 Å². The molecule has 2 unspecified atom stereocenters. The fourth-order valence-electron chi connectivity index (χ4n) is 7.23. The number of carbonyl (C=O) groups is 2. The van der Waals surface area contributed by atoms with Crippen LogP contribution in [-0.2, 0) is 28.5 Å². The molecule has 1 aliphatic rings. The standard InChI is InChI=1S/C52H90O10/c1-3-5-7-9-11-13-15-17-19-21-23-25-26-28-30-32-34-36-38-40-47(54)59-43-45(44-60-52-51(58)50(57)49(56)46(42-53)62-52)61-48(55)41-39-37-35-33-31-29-27-24-22-20-18-16-14-12-10-8-6-4-2/h11,13,17,19,23,25,28,30,34,36,45-46,49-53,56-58H,3-10,12,14-16,18,20-22,24,26-27,29,31-33,35,37-44H2,1-2H3/b13-11+,19-17+,25-23+,30-28+,36-34+/t45-,46-,49+,50?,51?,52-/m0/s1. The molecule has 0 amide bonds. The Hall–Kier alpha value is -2.60. The summed E-state index contributed by atoms with van der Waals surface area (Å²) in [6, 6.07) is 0. The Morgan fingerprint density at radius 3 is 1.42 bits per heavy atom. The molecule has 1 heterocycles. The van der Waals surface area contributed by atoms with Gasteiger partial charge in [0.2, 0.25) is 0 Å². The van der Waals surface area contributed by atoms with Crippen LogP contribution in [0.25, 0.3) is 0 Å². The lowest BCUT2D eigenvalue weighted by Gasteiger charge is -2.39. The van der Waals surface area contributed by atoms with Gasteiger partial charge in [-0.25, -0.2) is 0 Å². The predicted molar refractivity (Wildman–Crippen MR) is 251 cm³/mol. The van der Waals surface area contributed by atoms with E-state index in [-0.39, 0.29) is 26.1 Å². The Bertz CT molecular complexity index is 1190. The fraction of sp³-hybridized carbons (Fsp3) is 0.769. The van der Waals surface area contributed by atoms with Crippen LogP contribution in [0.1, 0.15) is 200 Å². The summed E-state index contributed by atoms with van der Waals surface area (Å²) < 4.78 is 22.1. The number of hydrogen-bond donors (Lipinski definition) is 4. The Balaban J connectivity index is 2.34. The zero-order valence-corrected chi connectivity index (χ0v) is 39.1. The second kappa shape index (κ2) is 42.4. The van der Waals surface area contributed by atoms with E-state index >= 15 is 0 Å². The topological polar surface area (TPSA) is 152 Å². The molecular formula is C52H90O10. The lowest BCUT2D eigenvalue weighted by molar-refractivity contribution is -0.305. The fourth-order valence-corrected chi connectivity index (χ4v) is 7.23. The van der Waals surface area contributed by atoms with Gasteiger partial charge in [0.05, 0.1) is 13.2 Å². The van der Waals surface area contributed by atoms with Crippen LogP contribution >= 0.6 is 0 Å². The summed E-state index contributed by atoms with van der Waals surface area (Å²) in [5.41, 5.74) is 0. The van der Waals surface area contributed by atoms with Crippen molar-refractivity contribution in [1.82, 2.24) is 0 Å². The van der Waals surface area contributed by atoms with Crippen molar-refractivity contribution in [1.29, 1.82) is 0 Å². The highest BCUT2D eigenvalue weighted by molar-refractivity contribution is 5.70. The molecule has 0 saturated carbocycles. The van der Waals surface area contributed by atoms with E-state index in [0.29, 0.717) is 12.8 Å². The normalized spacial score (nSPS) is 20.1. The summed E-state index contributed by atoms with van der Waals surface area (Å²) in [5.74, 6) is -0.899. The molecule has 358 valence electrons. The molecule has 0 spiro atoms. The molecule has 10 heteroatoms. The molecule has 0 radical (unpaired) electrons. The van der Waals surface area contributed by atoms with Crippen molar-refractivity contribution in [3.63, 3.8) is 0 Å². The van der Waals surface area contributed by atoms with Crippen LogP contribution in [0.3, 0.4) is 0 Å². The number of allylic oxidation sites excluding steroid dienone is 10. The molecule has 0 bridgehead atoms.